The van der Waals surface area contributed by atoms with Crippen LogP contribution in [0, 0.1) is 10.2 Å². The zero-order chi connectivity index (χ0) is 14.8. The average Bonchev–Trinajstić information content (AvgIpc) is 2.36. The van der Waals surface area contributed by atoms with Crippen molar-refractivity contribution in [2.24, 2.45) is 0 Å². The number of fused-ring (bicyclic) bond motifs is 3. The summed E-state index contributed by atoms with van der Waals surface area (Å²) in [6.45, 7) is 0. The fraction of sp³-hybridized carbons (Fsp3) is 0.333. The Morgan fingerprint density at radius 2 is 1.75 bits per heavy atom. The second-order valence-corrected chi connectivity index (χ2v) is 6.06. The molecule has 2 heterocycles. The number of aromatic nitrogens is 2. The van der Waals surface area contributed by atoms with Gasteiger partial charge in [-0.2, -0.15) is 4.40 Å². The van der Waals surface area contributed by atoms with Gasteiger partial charge < -0.3 is 0 Å². The first-order chi connectivity index (χ1) is 9.34. The predicted molar refractivity (Wildman–Crippen MR) is 61.7 cm³/mol. The van der Waals surface area contributed by atoms with Gasteiger partial charge in [0.05, 0.1) is 4.47 Å². The van der Waals surface area contributed by atoms with Crippen LogP contribution >= 0.6 is 15.9 Å². The monoisotopic (exact) mass is 362 g/mol. The van der Waals surface area contributed by atoms with Crippen LogP contribution in [-0.4, -0.2) is 4.98 Å². The molecule has 3 rings (SSSR count). The maximum atomic E-state index is 8.49. The van der Waals surface area contributed by atoms with Gasteiger partial charge in [0.1, 0.15) is 18.1 Å². The van der Waals surface area contributed by atoms with Gasteiger partial charge in [0, 0.05) is 18.1 Å². The number of hydrogen-bond donors (Lipinski definition) is 0. The number of nitrogens with zero attached hydrogens (tertiary/aromatic N) is 2. The van der Waals surface area contributed by atoms with Gasteiger partial charge in [0.15, 0.2) is 0 Å². The normalized spacial score (nSPS) is 14.4. The zero-order valence-electron chi connectivity index (χ0n) is 10.4. The first-order valence-electron chi connectivity index (χ1n) is 5.94. The van der Waals surface area contributed by atoms with Crippen LogP contribution in [0.15, 0.2) is 29.0 Å². The summed E-state index contributed by atoms with van der Waals surface area (Å²) in [5, 5.41) is 0. The van der Waals surface area contributed by atoms with E-state index in [2.05, 4.69) is 37.6 Å². The second kappa shape index (κ2) is 6.30. The molecule has 0 N–H and O–H groups in total. The molecule has 1 aliphatic rings. The highest BCUT2D eigenvalue weighted by Crippen LogP contribution is 2.18. The van der Waals surface area contributed by atoms with E-state index in [0.717, 1.165) is 10.1 Å². The fourth-order valence-corrected chi connectivity index (χ4v) is 2.60. The van der Waals surface area contributed by atoms with Gasteiger partial charge in [-0.1, -0.05) is 0 Å². The lowest BCUT2D eigenvalue weighted by Gasteiger charge is -2.17. The number of aryl methyl sites for hydroxylation is 2. The summed E-state index contributed by atoms with van der Waals surface area (Å²) < 4.78 is 37.3. The van der Waals surface area contributed by atoms with Crippen LogP contribution in [0.4, 0.5) is 0 Å². The van der Waals surface area contributed by atoms with Crippen molar-refractivity contribution in [1.29, 1.82) is 0 Å². The van der Waals surface area contributed by atoms with Gasteiger partial charge in [-0.05, 0) is 46.2 Å². The third kappa shape index (κ3) is 4.34. The summed E-state index contributed by atoms with van der Waals surface area (Å²) in [5.74, 6) is 0. The number of halogens is 2. The molecule has 8 heteroatoms. The molecular formula is C12H12BrClN2O4. The van der Waals surface area contributed by atoms with Crippen LogP contribution < -0.4 is 23.0 Å². The maximum Gasteiger partial charge on any atom is 0.327 e. The van der Waals surface area contributed by atoms with Gasteiger partial charge in [0.25, 0.3) is 0 Å². The van der Waals surface area contributed by atoms with Crippen LogP contribution in [0.3, 0.4) is 0 Å². The average molecular weight is 364 g/mol. The van der Waals surface area contributed by atoms with Crippen molar-refractivity contribution < 1.29 is 33.3 Å². The molecule has 0 aromatic carbocycles. The SMILES string of the molecule is Brc1ccc2ncc3c([n+]2c1)CCCC3.[O-][Cl+3]([O-])([O-])[O-]. The molecule has 0 radical (unpaired) electrons. The van der Waals surface area contributed by atoms with E-state index in [1.165, 1.54) is 36.9 Å². The van der Waals surface area contributed by atoms with Crippen molar-refractivity contribution in [2.45, 2.75) is 25.7 Å². The van der Waals surface area contributed by atoms with Gasteiger partial charge in [-0.3, -0.25) is 0 Å². The second-order valence-electron chi connectivity index (χ2n) is 4.39. The molecule has 6 nitrogen and oxygen atoms in total. The van der Waals surface area contributed by atoms with Crippen LogP contribution in [0.25, 0.3) is 5.65 Å². The Morgan fingerprint density at radius 3 is 2.45 bits per heavy atom. The molecule has 108 valence electrons. The van der Waals surface area contributed by atoms with Crippen molar-refractivity contribution in [3.63, 3.8) is 0 Å². The quantitative estimate of drug-likeness (QED) is 0.489. The summed E-state index contributed by atoms with van der Waals surface area (Å²) >= 11 is 3.51. The summed E-state index contributed by atoms with van der Waals surface area (Å²) in [4.78, 5) is 4.48. The molecule has 0 bridgehead atoms. The Balaban J connectivity index is 0.000000257. The number of pyridine rings is 1. The Hall–Kier alpha value is -0.830. The lowest BCUT2D eigenvalue weighted by atomic mass is 9.97. The van der Waals surface area contributed by atoms with E-state index in [9.17, 15) is 0 Å². The molecule has 0 amide bonds. The van der Waals surface area contributed by atoms with E-state index in [-0.39, 0.29) is 0 Å². The van der Waals surface area contributed by atoms with Crippen LogP contribution in [0.1, 0.15) is 24.1 Å². The molecule has 0 atom stereocenters. The highest BCUT2D eigenvalue weighted by atomic mass is 79.9. The lowest BCUT2D eigenvalue weighted by Crippen LogP contribution is -2.68. The summed E-state index contributed by atoms with van der Waals surface area (Å²) in [7, 11) is -4.94. The Bertz CT molecular complexity index is 612. The smallest absolute Gasteiger partial charge is 0.222 e. The molecule has 0 aliphatic heterocycles. The van der Waals surface area contributed by atoms with E-state index >= 15 is 0 Å². The first kappa shape index (κ1) is 15.6. The molecule has 0 spiro atoms. The molecule has 1 aliphatic carbocycles. The molecule has 2 aromatic heterocycles. The lowest BCUT2D eigenvalue weighted by molar-refractivity contribution is -2.00. The minimum absolute atomic E-state index is 1.04. The number of hydrogen-bond acceptors (Lipinski definition) is 5. The standard InChI is InChI=1S/C12H12BrN2.ClHO4/c13-10-5-6-12-14-7-9-3-1-2-4-11(9)15(12)8-10;2-1(3,4)5/h5-8H,1-4H2;(H,2,3,4,5)/q+1;/p-1. The highest BCUT2D eigenvalue weighted by molar-refractivity contribution is 9.10. The minimum atomic E-state index is -4.94. The van der Waals surface area contributed by atoms with E-state index in [0.29, 0.717) is 0 Å². The summed E-state index contributed by atoms with van der Waals surface area (Å²) in [6.07, 6.45) is 9.11. The van der Waals surface area contributed by atoms with Gasteiger partial charge in [-0.15, -0.1) is 10.2 Å². The molecule has 0 fully saturated rings. The maximum absolute atomic E-state index is 8.49. The Labute approximate surface area is 126 Å². The molecule has 0 saturated heterocycles. The predicted octanol–water partition coefficient (Wildman–Crippen LogP) is -2.29. The van der Waals surface area contributed by atoms with Crippen LogP contribution in [-0.2, 0) is 12.8 Å². The first-order valence-corrected chi connectivity index (χ1v) is 7.97. The number of rotatable bonds is 0. The van der Waals surface area contributed by atoms with Gasteiger partial charge in [-0.25, -0.2) is 18.6 Å². The summed E-state index contributed by atoms with van der Waals surface area (Å²) in [5.41, 5.74) is 3.89. The topological polar surface area (TPSA) is 109 Å². The van der Waals surface area contributed by atoms with Crippen LogP contribution in [0.5, 0.6) is 0 Å². The molecule has 0 unspecified atom stereocenters. The van der Waals surface area contributed by atoms with E-state index in [1.807, 2.05) is 12.3 Å². The van der Waals surface area contributed by atoms with Crippen molar-refractivity contribution >= 4 is 21.6 Å². The molecular weight excluding hydrogens is 351 g/mol. The van der Waals surface area contributed by atoms with Gasteiger partial charge in [0.2, 0.25) is 0 Å². The fourth-order valence-electron chi connectivity index (χ4n) is 2.26. The zero-order valence-corrected chi connectivity index (χ0v) is 12.8. The molecule has 2 aromatic rings. The highest BCUT2D eigenvalue weighted by Gasteiger charge is 2.18. The molecule has 20 heavy (non-hydrogen) atoms. The van der Waals surface area contributed by atoms with Crippen molar-refractivity contribution in [2.75, 3.05) is 0 Å². The van der Waals surface area contributed by atoms with E-state index < -0.39 is 10.2 Å². The van der Waals surface area contributed by atoms with E-state index in [4.69, 9.17) is 18.6 Å². The Morgan fingerprint density at radius 1 is 1.10 bits per heavy atom. The molecule has 0 saturated carbocycles. The third-order valence-corrected chi connectivity index (χ3v) is 3.48. The van der Waals surface area contributed by atoms with Crippen molar-refractivity contribution in [3.05, 3.63) is 40.3 Å². The Kier molecular flexibility index (Phi) is 4.90. The minimum Gasteiger partial charge on any atom is -0.222 e. The van der Waals surface area contributed by atoms with Gasteiger partial charge >= 0.3 is 5.65 Å². The van der Waals surface area contributed by atoms with Crippen molar-refractivity contribution in [3.8, 4) is 0 Å². The van der Waals surface area contributed by atoms with E-state index in [1.54, 1.807) is 0 Å². The van der Waals surface area contributed by atoms with Crippen molar-refractivity contribution in [1.82, 2.24) is 4.98 Å². The largest absolute Gasteiger partial charge is 0.327 e. The van der Waals surface area contributed by atoms with Crippen LogP contribution in [0.2, 0.25) is 0 Å². The summed E-state index contributed by atoms with van der Waals surface area (Å²) in [6, 6.07) is 4.09. The third-order valence-electron chi connectivity index (χ3n) is 3.01.